The Morgan fingerprint density at radius 2 is 2.19 bits per heavy atom. The molecule has 0 spiro atoms. The van der Waals surface area contributed by atoms with E-state index < -0.39 is 18.1 Å². The number of hydrogen-bond donors (Lipinski definition) is 2. The quantitative estimate of drug-likeness (QED) is 0.845. The van der Waals surface area contributed by atoms with Crippen molar-refractivity contribution in [3.63, 3.8) is 0 Å². The number of halogens is 3. The number of hydrogen-bond acceptors (Lipinski definition) is 5. The third kappa shape index (κ3) is 3.60. The van der Waals surface area contributed by atoms with E-state index in [0.717, 1.165) is 0 Å². The van der Waals surface area contributed by atoms with Gasteiger partial charge >= 0.3 is 6.18 Å². The maximum Gasteiger partial charge on any atom is 0.404 e. The van der Waals surface area contributed by atoms with Crippen molar-refractivity contribution < 1.29 is 18.0 Å². The maximum atomic E-state index is 12.7. The summed E-state index contributed by atoms with van der Waals surface area (Å²) >= 11 is 0. The first kappa shape index (κ1) is 15.5. The molecule has 2 atom stereocenters. The van der Waals surface area contributed by atoms with Gasteiger partial charge in [-0.25, -0.2) is 9.97 Å². The Hall–Kier alpha value is -1.90. The van der Waals surface area contributed by atoms with Crippen LogP contribution in [0.25, 0.3) is 0 Å². The minimum absolute atomic E-state index is 0.0415. The van der Waals surface area contributed by atoms with Gasteiger partial charge in [0.1, 0.15) is 18.2 Å². The summed E-state index contributed by atoms with van der Waals surface area (Å²) < 4.78 is 38.2. The summed E-state index contributed by atoms with van der Waals surface area (Å²) in [5.41, 5.74) is 5.69. The predicted octanol–water partition coefficient (Wildman–Crippen LogP) is 0.814. The lowest BCUT2D eigenvalue weighted by Gasteiger charge is -2.38. The van der Waals surface area contributed by atoms with Crippen LogP contribution in [0, 0.1) is 0 Å². The van der Waals surface area contributed by atoms with Crippen LogP contribution in [0.15, 0.2) is 12.5 Å². The number of nitrogens with zero attached hydrogens (tertiary/aromatic N) is 3. The van der Waals surface area contributed by atoms with E-state index in [0.29, 0.717) is 0 Å². The van der Waals surface area contributed by atoms with Gasteiger partial charge in [0.2, 0.25) is 0 Å². The molecule has 9 heteroatoms. The van der Waals surface area contributed by atoms with Crippen molar-refractivity contribution in [3.05, 3.63) is 18.1 Å². The van der Waals surface area contributed by atoms with E-state index in [1.807, 2.05) is 0 Å². The van der Waals surface area contributed by atoms with Crippen LogP contribution < -0.4 is 11.1 Å². The second-order valence-electron chi connectivity index (χ2n) is 5.07. The standard InChI is InChI=1S/C12H16F3N5O/c1-20-5-7(2-3-9(20)12(13,14)15)19-11(21)8-4-17-6-18-10(8)16/h4,6-7,9H,2-3,5H2,1H3,(H,19,21)(H2,16,17,18)/t7-,9-/m1/s1. The van der Waals surface area contributed by atoms with Gasteiger partial charge in [-0.05, 0) is 19.9 Å². The SMILES string of the molecule is CN1C[C@H](NC(=O)c2cncnc2N)CC[C@@H]1C(F)(F)F. The lowest BCUT2D eigenvalue weighted by Crippen LogP contribution is -2.54. The number of amides is 1. The first-order valence-corrected chi connectivity index (χ1v) is 6.42. The second kappa shape index (κ2) is 5.84. The van der Waals surface area contributed by atoms with Crippen LogP contribution in [-0.4, -0.2) is 52.6 Å². The van der Waals surface area contributed by atoms with Gasteiger partial charge in [-0.3, -0.25) is 9.69 Å². The van der Waals surface area contributed by atoms with Crippen molar-refractivity contribution in [1.82, 2.24) is 20.2 Å². The first-order valence-electron chi connectivity index (χ1n) is 6.42. The number of alkyl halides is 3. The largest absolute Gasteiger partial charge is 0.404 e. The van der Waals surface area contributed by atoms with Crippen LogP contribution in [0.1, 0.15) is 23.2 Å². The maximum absolute atomic E-state index is 12.7. The normalized spacial score (nSPS) is 23.8. The third-order valence-electron chi connectivity index (χ3n) is 3.53. The van der Waals surface area contributed by atoms with E-state index in [1.54, 1.807) is 0 Å². The summed E-state index contributed by atoms with van der Waals surface area (Å²) in [6.07, 6.45) is -1.54. The molecule has 3 N–H and O–H groups in total. The summed E-state index contributed by atoms with van der Waals surface area (Å²) in [7, 11) is 1.40. The van der Waals surface area contributed by atoms with E-state index in [2.05, 4.69) is 15.3 Å². The number of nitrogens with one attached hydrogen (secondary N) is 1. The zero-order chi connectivity index (χ0) is 15.6. The molecular weight excluding hydrogens is 287 g/mol. The van der Waals surface area contributed by atoms with E-state index in [4.69, 9.17) is 5.73 Å². The number of likely N-dealkylation sites (N-methyl/N-ethyl adjacent to an activating group) is 1. The number of carbonyl (C=O) groups is 1. The Bertz CT molecular complexity index is 522. The molecule has 0 radical (unpaired) electrons. The molecule has 2 rings (SSSR count). The number of nitrogens with two attached hydrogens (primary N) is 1. The molecule has 0 unspecified atom stereocenters. The molecule has 21 heavy (non-hydrogen) atoms. The summed E-state index contributed by atoms with van der Waals surface area (Å²) in [6.45, 7) is 0.128. The summed E-state index contributed by atoms with van der Waals surface area (Å²) in [4.78, 5) is 20.6. The second-order valence-corrected chi connectivity index (χ2v) is 5.07. The Morgan fingerprint density at radius 3 is 2.76 bits per heavy atom. The van der Waals surface area contributed by atoms with E-state index >= 15 is 0 Å². The van der Waals surface area contributed by atoms with Crippen molar-refractivity contribution in [2.24, 2.45) is 0 Å². The summed E-state index contributed by atoms with van der Waals surface area (Å²) in [5, 5.41) is 2.67. The van der Waals surface area contributed by atoms with Gasteiger partial charge in [-0.1, -0.05) is 0 Å². The lowest BCUT2D eigenvalue weighted by atomic mass is 9.98. The molecule has 0 aromatic carbocycles. The molecule has 0 aliphatic carbocycles. The fourth-order valence-corrected chi connectivity index (χ4v) is 2.45. The molecule has 0 saturated carbocycles. The number of carbonyl (C=O) groups excluding carboxylic acids is 1. The topological polar surface area (TPSA) is 84.1 Å². The smallest absolute Gasteiger partial charge is 0.383 e. The van der Waals surface area contributed by atoms with E-state index in [-0.39, 0.29) is 36.8 Å². The Morgan fingerprint density at radius 1 is 1.48 bits per heavy atom. The minimum Gasteiger partial charge on any atom is -0.383 e. The monoisotopic (exact) mass is 303 g/mol. The number of aromatic nitrogens is 2. The zero-order valence-electron chi connectivity index (χ0n) is 11.4. The fraction of sp³-hybridized carbons (Fsp3) is 0.583. The van der Waals surface area contributed by atoms with Gasteiger partial charge in [0, 0.05) is 18.8 Å². The molecule has 1 amide bonds. The molecule has 1 aliphatic heterocycles. The van der Waals surface area contributed by atoms with Crippen LogP contribution in [0.5, 0.6) is 0 Å². The van der Waals surface area contributed by atoms with Crippen molar-refractivity contribution in [2.45, 2.75) is 31.1 Å². The molecule has 2 heterocycles. The molecule has 1 aliphatic rings. The molecule has 1 saturated heterocycles. The van der Waals surface area contributed by atoms with Gasteiger partial charge in [-0.2, -0.15) is 13.2 Å². The van der Waals surface area contributed by atoms with Gasteiger partial charge in [0.15, 0.2) is 0 Å². The van der Waals surface area contributed by atoms with Crippen LogP contribution in [0.3, 0.4) is 0 Å². The average Bonchev–Trinajstić information content (AvgIpc) is 2.37. The molecule has 1 fully saturated rings. The highest BCUT2D eigenvalue weighted by atomic mass is 19.4. The van der Waals surface area contributed by atoms with Gasteiger partial charge < -0.3 is 11.1 Å². The van der Waals surface area contributed by atoms with Crippen molar-refractivity contribution in [2.75, 3.05) is 19.3 Å². The number of anilines is 1. The minimum atomic E-state index is -4.25. The molecule has 1 aromatic rings. The van der Waals surface area contributed by atoms with Crippen molar-refractivity contribution in [1.29, 1.82) is 0 Å². The third-order valence-corrected chi connectivity index (χ3v) is 3.53. The number of piperidine rings is 1. The number of rotatable bonds is 2. The lowest BCUT2D eigenvalue weighted by molar-refractivity contribution is -0.188. The Labute approximate surface area is 119 Å². The highest BCUT2D eigenvalue weighted by Crippen LogP contribution is 2.30. The highest BCUT2D eigenvalue weighted by Gasteiger charge is 2.44. The molecule has 1 aromatic heterocycles. The van der Waals surface area contributed by atoms with Crippen LogP contribution in [0.4, 0.5) is 19.0 Å². The van der Waals surface area contributed by atoms with Crippen LogP contribution >= 0.6 is 0 Å². The Kier molecular flexibility index (Phi) is 4.31. The van der Waals surface area contributed by atoms with Gasteiger partial charge in [0.05, 0.1) is 5.56 Å². The Balaban J connectivity index is 1.97. The molecular formula is C12H16F3N5O. The first-order chi connectivity index (χ1) is 9.79. The van der Waals surface area contributed by atoms with Gasteiger partial charge in [-0.15, -0.1) is 0 Å². The number of nitrogen functional groups attached to an aromatic ring is 1. The molecule has 116 valence electrons. The van der Waals surface area contributed by atoms with E-state index in [1.165, 1.54) is 24.5 Å². The highest BCUT2D eigenvalue weighted by molar-refractivity contribution is 5.98. The van der Waals surface area contributed by atoms with E-state index in [9.17, 15) is 18.0 Å². The zero-order valence-corrected chi connectivity index (χ0v) is 11.4. The average molecular weight is 303 g/mol. The van der Waals surface area contributed by atoms with Crippen LogP contribution in [0.2, 0.25) is 0 Å². The predicted molar refractivity (Wildman–Crippen MR) is 69.4 cm³/mol. The van der Waals surface area contributed by atoms with Crippen LogP contribution in [-0.2, 0) is 0 Å². The van der Waals surface area contributed by atoms with Crippen molar-refractivity contribution >= 4 is 11.7 Å². The molecule has 0 bridgehead atoms. The number of likely N-dealkylation sites (tertiary alicyclic amines) is 1. The summed E-state index contributed by atoms with van der Waals surface area (Å²) in [5.74, 6) is -0.434. The summed E-state index contributed by atoms with van der Waals surface area (Å²) in [6, 6.07) is -1.82. The molecule has 6 nitrogen and oxygen atoms in total. The van der Waals surface area contributed by atoms with Crippen molar-refractivity contribution in [3.8, 4) is 0 Å². The fourth-order valence-electron chi connectivity index (χ4n) is 2.45. The van der Waals surface area contributed by atoms with Gasteiger partial charge in [0.25, 0.3) is 5.91 Å².